The molecule has 0 saturated carbocycles. The van der Waals surface area contributed by atoms with Gasteiger partial charge >= 0.3 is 0 Å². The van der Waals surface area contributed by atoms with Gasteiger partial charge in [-0.1, -0.05) is 6.92 Å². The van der Waals surface area contributed by atoms with Gasteiger partial charge in [0, 0.05) is 13.1 Å². The van der Waals surface area contributed by atoms with Crippen molar-refractivity contribution in [1.82, 2.24) is 4.90 Å². The van der Waals surface area contributed by atoms with Crippen LogP contribution in [0.25, 0.3) is 0 Å². The largest absolute Gasteiger partial charge is 0.387 e. The molecule has 1 aliphatic rings. The molecule has 0 radical (unpaired) electrons. The number of carbonyl (C=O) groups is 1. The van der Waals surface area contributed by atoms with Crippen molar-refractivity contribution < 1.29 is 9.90 Å². The van der Waals surface area contributed by atoms with Crippen LogP contribution in [0.1, 0.15) is 13.3 Å². The monoisotopic (exact) mass is 143 g/mol. The Morgan fingerprint density at radius 1 is 1.80 bits per heavy atom. The Bertz CT molecular complexity index is 136. The van der Waals surface area contributed by atoms with Crippen LogP contribution in [0.3, 0.4) is 0 Å². The van der Waals surface area contributed by atoms with Crippen LogP contribution in [0.2, 0.25) is 0 Å². The first-order chi connectivity index (χ1) is 4.74. The molecule has 10 heavy (non-hydrogen) atoms. The Balaban J connectivity index is 2.37. The van der Waals surface area contributed by atoms with E-state index in [2.05, 4.69) is 6.92 Å². The summed E-state index contributed by atoms with van der Waals surface area (Å²) in [4.78, 5) is 12.5. The molecule has 0 aromatic rings. The average Bonchev–Trinajstić information content (AvgIpc) is 2.34. The maximum Gasteiger partial charge on any atom is 0.248 e. The number of amides is 1. The number of nitrogens with zero attached hydrogens (tertiary/aromatic N) is 1. The fourth-order valence-corrected chi connectivity index (χ4v) is 1.26. The lowest BCUT2D eigenvalue weighted by molar-refractivity contribution is -0.133. The maximum atomic E-state index is 10.8. The van der Waals surface area contributed by atoms with Crippen molar-refractivity contribution in [2.45, 2.75) is 13.3 Å². The highest BCUT2D eigenvalue weighted by Crippen LogP contribution is 2.14. The highest BCUT2D eigenvalue weighted by molar-refractivity contribution is 5.77. The second kappa shape index (κ2) is 3.01. The first kappa shape index (κ1) is 7.54. The van der Waals surface area contributed by atoms with Crippen molar-refractivity contribution >= 4 is 5.91 Å². The normalized spacial score (nSPS) is 25.4. The Labute approximate surface area is 60.6 Å². The molecule has 0 aromatic carbocycles. The third kappa shape index (κ3) is 1.48. The van der Waals surface area contributed by atoms with Gasteiger partial charge in [-0.2, -0.15) is 0 Å². The van der Waals surface area contributed by atoms with Crippen molar-refractivity contribution in [2.75, 3.05) is 19.7 Å². The molecule has 1 N–H and O–H groups in total. The van der Waals surface area contributed by atoms with Crippen LogP contribution in [0.5, 0.6) is 0 Å². The average molecular weight is 143 g/mol. The summed E-state index contributed by atoms with van der Waals surface area (Å²) in [6.45, 7) is 3.41. The first-order valence-electron chi connectivity index (χ1n) is 3.62. The van der Waals surface area contributed by atoms with E-state index < -0.39 is 0 Å². The highest BCUT2D eigenvalue weighted by atomic mass is 16.3. The molecule has 1 fully saturated rings. The van der Waals surface area contributed by atoms with E-state index in [1.165, 1.54) is 0 Å². The summed E-state index contributed by atoms with van der Waals surface area (Å²) < 4.78 is 0. The molecule has 1 saturated heterocycles. The molecule has 1 amide bonds. The van der Waals surface area contributed by atoms with Crippen LogP contribution in [0, 0.1) is 5.92 Å². The summed E-state index contributed by atoms with van der Waals surface area (Å²) in [6.07, 6.45) is 1.08. The second-order valence-electron chi connectivity index (χ2n) is 2.89. The lowest BCUT2D eigenvalue weighted by atomic mass is 10.2. The van der Waals surface area contributed by atoms with Gasteiger partial charge in [0.1, 0.15) is 6.61 Å². The van der Waals surface area contributed by atoms with E-state index in [-0.39, 0.29) is 12.5 Å². The fourth-order valence-electron chi connectivity index (χ4n) is 1.26. The SMILES string of the molecule is C[C@H]1CCN(C(=O)CO)C1. The number of hydrogen-bond acceptors (Lipinski definition) is 2. The highest BCUT2D eigenvalue weighted by Gasteiger charge is 2.21. The summed E-state index contributed by atoms with van der Waals surface area (Å²) in [5.41, 5.74) is 0. The molecule has 1 rings (SSSR count). The first-order valence-corrected chi connectivity index (χ1v) is 3.62. The zero-order chi connectivity index (χ0) is 7.56. The molecule has 0 aliphatic carbocycles. The van der Waals surface area contributed by atoms with E-state index >= 15 is 0 Å². The van der Waals surface area contributed by atoms with Crippen molar-refractivity contribution in [2.24, 2.45) is 5.92 Å². The molecular formula is C7H13NO2. The van der Waals surface area contributed by atoms with Crippen LogP contribution < -0.4 is 0 Å². The van der Waals surface area contributed by atoms with Crippen LogP contribution in [-0.2, 0) is 4.79 Å². The molecular weight excluding hydrogens is 130 g/mol. The fraction of sp³-hybridized carbons (Fsp3) is 0.857. The Kier molecular flexibility index (Phi) is 2.27. The number of aliphatic hydroxyl groups excluding tert-OH is 1. The van der Waals surface area contributed by atoms with Gasteiger partial charge in [-0.3, -0.25) is 4.79 Å². The predicted molar refractivity (Wildman–Crippen MR) is 37.4 cm³/mol. The van der Waals surface area contributed by atoms with E-state index in [0.717, 1.165) is 19.5 Å². The number of rotatable bonds is 1. The number of likely N-dealkylation sites (tertiary alicyclic amines) is 1. The lowest BCUT2D eigenvalue weighted by Crippen LogP contribution is -2.30. The van der Waals surface area contributed by atoms with Crippen molar-refractivity contribution in [3.8, 4) is 0 Å². The van der Waals surface area contributed by atoms with Gasteiger partial charge in [0.05, 0.1) is 0 Å². The Morgan fingerprint density at radius 3 is 2.90 bits per heavy atom. The quantitative estimate of drug-likeness (QED) is 0.554. The Morgan fingerprint density at radius 2 is 2.50 bits per heavy atom. The molecule has 58 valence electrons. The van der Waals surface area contributed by atoms with Gasteiger partial charge in [0.15, 0.2) is 0 Å². The lowest BCUT2D eigenvalue weighted by Gasteiger charge is -2.13. The van der Waals surface area contributed by atoms with E-state index in [4.69, 9.17) is 5.11 Å². The minimum absolute atomic E-state index is 0.135. The minimum Gasteiger partial charge on any atom is -0.387 e. The summed E-state index contributed by atoms with van der Waals surface area (Å²) in [5, 5.41) is 8.49. The molecule has 1 heterocycles. The van der Waals surface area contributed by atoms with E-state index in [9.17, 15) is 4.79 Å². The van der Waals surface area contributed by atoms with Crippen molar-refractivity contribution in [3.63, 3.8) is 0 Å². The number of aliphatic hydroxyl groups is 1. The summed E-state index contributed by atoms with van der Waals surface area (Å²) in [7, 11) is 0. The van der Waals surface area contributed by atoms with Crippen molar-refractivity contribution in [3.05, 3.63) is 0 Å². The van der Waals surface area contributed by atoms with Gasteiger partial charge in [0.25, 0.3) is 0 Å². The molecule has 0 spiro atoms. The molecule has 3 heteroatoms. The zero-order valence-corrected chi connectivity index (χ0v) is 6.21. The molecule has 1 atom stereocenters. The third-order valence-electron chi connectivity index (χ3n) is 1.91. The van der Waals surface area contributed by atoms with Crippen LogP contribution in [0.4, 0.5) is 0 Å². The van der Waals surface area contributed by atoms with Gasteiger partial charge in [-0.05, 0) is 12.3 Å². The number of hydrogen-bond donors (Lipinski definition) is 1. The van der Waals surface area contributed by atoms with Gasteiger partial charge in [-0.15, -0.1) is 0 Å². The zero-order valence-electron chi connectivity index (χ0n) is 6.21. The van der Waals surface area contributed by atoms with E-state index in [1.807, 2.05) is 0 Å². The topological polar surface area (TPSA) is 40.5 Å². The standard InChI is InChI=1S/C7H13NO2/c1-6-2-3-8(4-6)7(10)5-9/h6,9H,2-5H2,1H3/t6-/m0/s1. The molecule has 0 aromatic heterocycles. The van der Waals surface area contributed by atoms with Gasteiger partial charge in [0.2, 0.25) is 5.91 Å². The molecule has 0 unspecified atom stereocenters. The Hall–Kier alpha value is -0.570. The molecule has 3 nitrogen and oxygen atoms in total. The third-order valence-corrected chi connectivity index (χ3v) is 1.91. The van der Waals surface area contributed by atoms with Gasteiger partial charge in [-0.25, -0.2) is 0 Å². The second-order valence-corrected chi connectivity index (χ2v) is 2.89. The maximum absolute atomic E-state index is 10.8. The molecule has 1 aliphatic heterocycles. The summed E-state index contributed by atoms with van der Waals surface area (Å²) in [6, 6.07) is 0. The minimum atomic E-state index is -0.341. The number of carbonyl (C=O) groups excluding carboxylic acids is 1. The molecule has 0 bridgehead atoms. The smallest absolute Gasteiger partial charge is 0.248 e. The van der Waals surface area contributed by atoms with Crippen LogP contribution in [0.15, 0.2) is 0 Å². The van der Waals surface area contributed by atoms with Crippen LogP contribution >= 0.6 is 0 Å². The van der Waals surface area contributed by atoms with Gasteiger partial charge < -0.3 is 10.0 Å². The predicted octanol–water partition coefficient (Wildman–Crippen LogP) is -0.153. The van der Waals surface area contributed by atoms with E-state index in [1.54, 1.807) is 4.90 Å². The van der Waals surface area contributed by atoms with E-state index in [0.29, 0.717) is 5.92 Å². The van der Waals surface area contributed by atoms with Crippen LogP contribution in [-0.4, -0.2) is 35.6 Å². The summed E-state index contributed by atoms with van der Waals surface area (Å²) in [5.74, 6) is 0.472. The summed E-state index contributed by atoms with van der Waals surface area (Å²) >= 11 is 0. The van der Waals surface area contributed by atoms with Crippen molar-refractivity contribution in [1.29, 1.82) is 0 Å².